The molecule has 16 heavy (non-hydrogen) atoms. The van der Waals surface area contributed by atoms with Crippen molar-refractivity contribution in [2.45, 2.75) is 0 Å². The molecule has 0 fully saturated rings. The van der Waals surface area contributed by atoms with Gasteiger partial charge in [-0.25, -0.2) is 4.79 Å². The van der Waals surface area contributed by atoms with Gasteiger partial charge in [0.05, 0.1) is 18.3 Å². The second-order valence-corrected chi connectivity index (χ2v) is 4.06. The number of benzene rings is 1. The van der Waals surface area contributed by atoms with Gasteiger partial charge >= 0.3 is 6.09 Å². The molecule has 2 rings (SSSR count). The lowest BCUT2D eigenvalue weighted by Crippen LogP contribution is -2.11. The van der Waals surface area contributed by atoms with E-state index in [0.29, 0.717) is 5.69 Å². The summed E-state index contributed by atoms with van der Waals surface area (Å²) in [5.41, 5.74) is 1.37. The molecule has 1 aromatic heterocycles. The van der Waals surface area contributed by atoms with Crippen LogP contribution >= 0.6 is 15.9 Å². The minimum absolute atomic E-state index is 0.503. The number of amides is 1. The molecule has 1 amide bonds. The first-order valence-corrected chi connectivity index (χ1v) is 5.39. The standard InChI is InChI=1S/C11H9BrN2O2/c1-16-11(15)14-9-4-2-3-7-5-8(12)6-13-10(7)9/h2-6H,1H3,(H,14,15). The van der Waals surface area contributed by atoms with Crippen LogP contribution in [0.5, 0.6) is 0 Å². The molecule has 0 spiro atoms. The molecule has 0 aliphatic rings. The van der Waals surface area contributed by atoms with Crippen molar-refractivity contribution in [2.75, 3.05) is 12.4 Å². The smallest absolute Gasteiger partial charge is 0.411 e. The third-order valence-electron chi connectivity index (χ3n) is 2.10. The second-order valence-electron chi connectivity index (χ2n) is 3.15. The van der Waals surface area contributed by atoms with Crippen molar-refractivity contribution in [3.05, 3.63) is 34.9 Å². The van der Waals surface area contributed by atoms with Crippen LogP contribution in [0.15, 0.2) is 34.9 Å². The summed E-state index contributed by atoms with van der Waals surface area (Å²) in [6.45, 7) is 0. The van der Waals surface area contributed by atoms with Crippen molar-refractivity contribution in [3.63, 3.8) is 0 Å². The van der Waals surface area contributed by atoms with Gasteiger partial charge in [-0.1, -0.05) is 12.1 Å². The molecule has 1 heterocycles. The number of rotatable bonds is 1. The average molecular weight is 281 g/mol. The van der Waals surface area contributed by atoms with E-state index in [1.807, 2.05) is 18.2 Å². The van der Waals surface area contributed by atoms with Gasteiger partial charge in [0.15, 0.2) is 0 Å². The number of methoxy groups -OCH3 is 1. The largest absolute Gasteiger partial charge is 0.453 e. The van der Waals surface area contributed by atoms with E-state index in [1.165, 1.54) is 7.11 Å². The third kappa shape index (κ3) is 2.14. The van der Waals surface area contributed by atoms with Crippen LogP contribution in [0.3, 0.4) is 0 Å². The second kappa shape index (κ2) is 4.49. The van der Waals surface area contributed by atoms with Crippen molar-refractivity contribution in [1.82, 2.24) is 4.98 Å². The van der Waals surface area contributed by atoms with Gasteiger partial charge in [0.1, 0.15) is 0 Å². The SMILES string of the molecule is COC(=O)Nc1cccc2cc(Br)cnc12. The molecule has 0 atom stereocenters. The first-order valence-electron chi connectivity index (χ1n) is 4.60. The summed E-state index contributed by atoms with van der Waals surface area (Å²) in [5.74, 6) is 0. The molecule has 0 bridgehead atoms. The Hall–Kier alpha value is -1.62. The van der Waals surface area contributed by atoms with E-state index in [1.54, 1.807) is 12.3 Å². The van der Waals surface area contributed by atoms with Crippen LogP contribution in [0.25, 0.3) is 10.9 Å². The summed E-state index contributed by atoms with van der Waals surface area (Å²) >= 11 is 3.35. The van der Waals surface area contributed by atoms with Crippen LogP contribution in [-0.4, -0.2) is 18.2 Å². The monoisotopic (exact) mass is 280 g/mol. The summed E-state index contributed by atoms with van der Waals surface area (Å²) in [6, 6.07) is 7.49. The van der Waals surface area contributed by atoms with Crippen molar-refractivity contribution in [1.29, 1.82) is 0 Å². The summed E-state index contributed by atoms with van der Waals surface area (Å²) in [6.07, 6.45) is 1.18. The van der Waals surface area contributed by atoms with Crippen LogP contribution in [-0.2, 0) is 4.74 Å². The molecule has 0 aliphatic carbocycles. The third-order valence-corrected chi connectivity index (χ3v) is 2.53. The maximum atomic E-state index is 11.1. The number of aromatic nitrogens is 1. The van der Waals surface area contributed by atoms with Crippen LogP contribution in [0.4, 0.5) is 10.5 Å². The highest BCUT2D eigenvalue weighted by Gasteiger charge is 2.06. The topological polar surface area (TPSA) is 51.2 Å². The van der Waals surface area contributed by atoms with Gasteiger partial charge in [-0.05, 0) is 28.1 Å². The number of carbonyl (C=O) groups is 1. The predicted molar refractivity (Wildman–Crippen MR) is 65.5 cm³/mol. The number of halogens is 1. The van der Waals surface area contributed by atoms with Crippen LogP contribution < -0.4 is 5.32 Å². The molecule has 82 valence electrons. The van der Waals surface area contributed by atoms with E-state index in [-0.39, 0.29) is 0 Å². The number of fused-ring (bicyclic) bond motifs is 1. The molecule has 0 unspecified atom stereocenters. The fourth-order valence-electron chi connectivity index (χ4n) is 1.40. The van der Waals surface area contributed by atoms with Gasteiger partial charge in [0.25, 0.3) is 0 Å². The molecule has 0 radical (unpaired) electrons. The number of carbonyl (C=O) groups excluding carboxylic acids is 1. The van der Waals surface area contributed by atoms with E-state index in [4.69, 9.17) is 0 Å². The Balaban J connectivity index is 2.49. The zero-order chi connectivity index (χ0) is 11.5. The Morgan fingerprint density at radius 1 is 1.50 bits per heavy atom. The Kier molecular flexibility index (Phi) is 3.05. The van der Waals surface area contributed by atoms with Crippen molar-refractivity contribution >= 4 is 38.6 Å². The number of hydrogen-bond acceptors (Lipinski definition) is 3. The number of nitrogens with one attached hydrogen (secondary N) is 1. The molecule has 0 aliphatic heterocycles. The maximum absolute atomic E-state index is 11.1. The molecule has 1 aromatic carbocycles. The zero-order valence-corrected chi connectivity index (χ0v) is 10.1. The van der Waals surface area contributed by atoms with Crippen molar-refractivity contribution in [2.24, 2.45) is 0 Å². The van der Waals surface area contributed by atoms with E-state index in [9.17, 15) is 4.79 Å². The van der Waals surface area contributed by atoms with Crippen LogP contribution in [0.1, 0.15) is 0 Å². The molecular formula is C11H9BrN2O2. The van der Waals surface area contributed by atoms with Crippen LogP contribution in [0.2, 0.25) is 0 Å². The summed E-state index contributed by atoms with van der Waals surface area (Å²) < 4.78 is 5.44. The molecule has 0 saturated carbocycles. The Bertz CT molecular complexity index is 542. The fourth-order valence-corrected chi connectivity index (χ4v) is 1.74. The molecule has 2 aromatic rings. The fraction of sp³-hybridized carbons (Fsp3) is 0.0909. The number of anilines is 1. The highest BCUT2D eigenvalue weighted by molar-refractivity contribution is 9.10. The van der Waals surface area contributed by atoms with Gasteiger partial charge < -0.3 is 4.74 Å². The Morgan fingerprint density at radius 2 is 2.31 bits per heavy atom. The van der Waals surface area contributed by atoms with Gasteiger partial charge in [0, 0.05) is 16.1 Å². The maximum Gasteiger partial charge on any atom is 0.411 e. The van der Waals surface area contributed by atoms with Crippen LogP contribution in [0, 0.1) is 0 Å². The Morgan fingerprint density at radius 3 is 3.06 bits per heavy atom. The predicted octanol–water partition coefficient (Wildman–Crippen LogP) is 3.18. The van der Waals surface area contributed by atoms with E-state index in [0.717, 1.165) is 15.4 Å². The van der Waals surface area contributed by atoms with Crippen molar-refractivity contribution in [3.8, 4) is 0 Å². The van der Waals surface area contributed by atoms with E-state index >= 15 is 0 Å². The first kappa shape index (κ1) is 10.9. The summed E-state index contributed by atoms with van der Waals surface area (Å²) in [5, 5.41) is 3.56. The van der Waals surface area contributed by atoms with Gasteiger partial charge in [-0.15, -0.1) is 0 Å². The molecule has 5 heteroatoms. The molecule has 4 nitrogen and oxygen atoms in total. The highest BCUT2D eigenvalue weighted by atomic mass is 79.9. The van der Waals surface area contributed by atoms with E-state index in [2.05, 4.69) is 31.0 Å². The minimum Gasteiger partial charge on any atom is -0.453 e. The number of para-hydroxylation sites is 1. The lowest BCUT2D eigenvalue weighted by molar-refractivity contribution is 0.187. The average Bonchev–Trinajstić information content (AvgIpc) is 2.28. The number of hydrogen-bond donors (Lipinski definition) is 1. The number of nitrogens with zero attached hydrogens (tertiary/aromatic N) is 1. The van der Waals surface area contributed by atoms with Crippen molar-refractivity contribution < 1.29 is 9.53 Å². The summed E-state index contributed by atoms with van der Waals surface area (Å²) in [7, 11) is 1.32. The summed E-state index contributed by atoms with van der Waals surface area (Å²) in [4.78, 5) is 15.4. The zero-order valence-electron chi connectivity index (χ0n) is 8.53. The lowest BCUT2D eigenvalue weighted by Gasteiger charge is -2.06. The Labute approximate surface area is 101 Å². The number of pyridine rings is 1. The minimum atomic E-state index is -0.503. The van der Waals surface area contributed by atoms with Gasteiger partial charge in [0.2, 0.25) is 0 Å². The lowest BCUT2D eigenvalue weighted by atomic mass is 10.2. The number of ether oxygens (including phenoxy) is 1. The van der Waals surface area contributed by atoms with E-state index < -0.39 is 6.09 Å². The van der Waals surface area contributed by atoms with Gasteiger partial charge in [-0.2, -0.15) is 0 Å². The quantitative estimate of drug-likeness (QED) is 0.873. The first-order chi connectivity index (χ1) is 7.70. The normalized spacial score (nSPS) is 10.1. The van der Waals surface area contributed by atoms with Gasteiger partial charge in [-0.3, -0.25) is 10.3 Å². The highest BCUT2D eigenvalue weighted by Crippen LogP contribution is 2.23. The molecule has 0 saturated heterocycles. The molecule has 1 N–H and O–H groups in total. The molecular weight excluding hydrogens is 272 g/mol.